The minimum Gasteiger partial charge on any atom is -0.494 e. The molecule has 0 radical (unpaired) electrons. The average Bonchev–Trinajstić information content (AvgIpc) is 2.73. The van der Waals surface area contributed by atoms with Crippen LogP contribution in [0.5, 0.6) is 5.75 Å². The molecule has 0 unspecified atom stereocenters. The number of hydrogen-bond donors (Lipinski definition) is 1. The van der Waals surface area contributed by atoms with Gasteiger partial charge in [0.05, 0.1) is 49.3 Å². The molecular formula is C20H20Cl2N2O5. The SMILES string of the molecule is COC(=O)c1cc(NC(=O)c2cc(Cl)cc(Cl)c2OC)ccc1N1CCOCC1. The molecule has 0 atom stereocenters. The molecule has 3 rings (SSSR count). The maximum atomic E-state index is 12.8. The van der Waals surface area contributed by atoms with Crippen molar-refractivity contribution in [1.82, 2.24) is 0 Å². The number of hydrogen-bond acceptors (Lipinski definition) is 6. The first-order valence-corrected chi connectivity index (χ1v) is 9.59. The van der Waals surface area contributed by atoms with Gasteiger partial charge in [-0.2, -0.15) is 0 Å². The largest absolute Gasteiger partial charge is 0.494 e. The zero-order valence-electron chi connectivity index (χ0n) is 16.0. The molecule has 1 fully saturated rings. The number of methoxy groups -OCH3 is 2. The van der Waals surface area contributed by atoms with Crippen LogP contribution in [0.4, 0.5) is 11.4 Å². The van der Waals surface area contributed by atoms with Crippen LogP contribution in [-0.2, 0) is 9.47 Å². The normalized spacial score (nSPS) is 13.7. The monoisotopic (exact) mass is 438 g/mol. The summed E-state index contributed by atoms with van der Waals surface area (Å²) in [6, 6.07) is 8.02. The first-order valence-electron chi connectivity index (χ1n) is 8.84. The van der Waals surface area contributed by atoms with Gasteiger partial charge in [0, 0.05) is 23.8 Å². The molecule has 0 aromatic heterocycles. The second-order valence-electron chi connectivity index (χ2n) is 6.25. The van der Waals surface area contributed by atoms with Crippen molar-refractivity contribution in [2.75, 3.05) is 50.7 Å². The van der Waals surface area contributed by atoms with Crippen LogP contribution in [-0.4, -0.2) is 52.4 Å². The molecule has 0 bridgehead atoms. The zero-order chi connectivity index (χ0) is 21.0. The fourth-order valence-electron chi connectivity index (χ4n) is 3.10. The van der Waals surface area contributed by atoms with Crippen LogP contribution in [0.1, 0.15) is 20.7 Å². The van der Waals surface area contributed by atoms with Crippen molar-refractivity contribution in [2.45, 2.75) is 0 Å². The smallest absolute Gasteiger partial charge is 0.340 e. The second kappa shape index (κ2) is 9.35. The van der Waals surface area contributed by atoms with Crippen LogP contribution >= 0.6 is 23.2 Å². The minimum absolute atomic E-state index is 0.182. The van der Waals surface area contributed by atoms with Gasteiger partial charge in [-0.05, 0) is 30.3 Å². The number of carbonyl (C=O) groups excluding carboxylic acids is 2. The highest BCUT2D eigenvalue weighted by atomic mass is 35.5. The molecule has 0 spiro atoms. The van der Waals surface area contributed by atoms with Gasteiger partial charge >= 0.3 is 5.97 Å². The Hall–Kier alpha value is -2.48. The van der Waals surface area contributed by atoms with E-state index in [0.717, 1.165) is 5.69 Å². The highest BCUT2D eigenvalue weighted by Crippen LogP contribution is 2.33. The number of carbonyl (C=O) groups is 2. The predicted octanol–water partition coefficient (Wildman–Crippen LogP) is 3.88. The zero-order valence-corrected chi connectivity index (χ0v) is 17.5. The fourth-order valence-corrected chi connectivity index (χ4v) is 3.67. The third-order valence-corrected chi connectivity index (χ3v) is 4.97. The van der Waals surface area contributed by atoms with Gasteiger partial charge in [-0.1, -0.05) is 23.2 Å². The van der Waals surface area contributed by atoms with Gasteiger partial charge in [0.1, 0.15) is 5.75 Å². The number of nitrogens with one attached hydrogen (secondary N) is 1. The summed E-state index contributed by atoms with van der Waals surface area (Å²) in [5.74, 6) is -0.751. The summed E-state index contributed by atoms with van der Waals surface area (Å²) in [6.07, 6.45) is 0. The van der Waals surface area contributed by atoms with E-state index in [1.54, 1.807) is 18.2 Å². The first kappa shape index (κ1) is 21.2. The van der Waals surface area contributed by atoms with Crippen LogP contribution in [0.3, 0.4) is 0 Å². The Morgan fingerprint density at radius 2 is 1.79 bits per heavy atom. The molecule has 9 heteroatoms. The number of halogens is 2. The summed E-state index contributed by atoms with van der Waals surface area (Å²) in [5, 5.41) is 3.28. The predicted molar refractivity (Wildman–Crippen MR) is 112 cm³/mol. The van der Waals surface area contributed by atoms with Crippen molar-refractivity contribution < 1.29 is 23.8 Å². The Labute approximate surface area is 178 Å². The van der Waals surface area contributed by atoms with Crippen molar-refractivity contribution in [3.8, 4) is 5.75 Å². The lowest BCUT2D eigenvalue weighted by molar-refractivity contribution is 0.0600. The maximum absolute atomic E-state index is 12.8. The van der Waals surface area contributed by atoms with E-state index in [-0.39, 0.29) is 16.3 Å². The van der Waals surface area contributed by atoms with E-state index in [9.17, 15) is 9.59 Å². The standard InChI is InChI=1S/C20H20Cl2N2O5/c1-27-18-15(9-12(21)10-16(18)22)19(25)23-13-3-4-17(14(11-13)20(26)28-2)24-5-7-29-8-6-24/h3-4,9-11H,5-8H2,1-2H3,(H,23,25). The molecule has 1 heterocycles. The maximum Gasteiger partial charge on any atom is 0.340 e. The summed E-state index contributed by atoms with van der Waals surface area (Å²) in [4.78, 5) is 27.2. The van der Waals surface area contributed by atoms with E-state index in [4.69, 9.17) is 37.4 Å². The highest BCUT2D eigenvalue weighted by Gasteiger charge is 2.22. The van der Waals surface area contributed by atoms with E-state index in [2.05, 4.69) is 5.32 Å². The number of rotatable bonds is 5. The number of morpholine rings is 1. The van der Waals surface area contributed by atoms with Gasteiger partial charge < -0.3 is 24.4 Å². The van der Waals surface area contributed by atoms with Crippen molar-refractivity contribution in [3.05, 3.63) is 51.5 Å². The fraction of sp³-hybridized carbons (Fsp3) is 0.300. The number of amides is 1. The molecule has 1 aliphatic heterocycles. The third kappa shape index (κ3) is 4.75. The molecule has 0 saturated carbocycles. The topological polar surface area (TPSA) is 77.1 Å². The lowest BCUT2D eigenvalue weighted by atomic mass is 10.1. The van der Waals surface area contributed by atoms with Crippen LogP contribution in [0, 0.1) is 0 Å². The molecular weight excluding hydrogens is 419 g/mol. The molecule has 29 heavy (non-hydrogen) atoms. The molecule has 1 saturated heterocycles. The number of anilines is 2. The van der Waals surface area contributed by atoms with E-state index >= 15 is 0 Å². The van der Waals surface area contributed by atoms with Crippen LogP contribution < -0.4 is 15.0 Å². The molecule has 1 N–H and O–H groups in total. The van der Waals surface area contributed by atoms with Crippen LogP contribution in [0.2, 0.25) is 10.0 Å². The molecule has 1 aliphatic rings. The van der Waals surface area contributed by atoms with Crippen molar-refractivity contribution >= 4 is 46.5 Å². The summed E-state index contributed by atoms with van der Waals surface area (Å²) < 4.78 is 15.5. The van der Waals surface area contributed by atoms with Gasteiger partial charge in [0.15, 0.2) is 0 Å². The Morgan fingerprint density at radius 3 is 2.45 bits per heavy atom. The summed E-state index contributed by atoms with van der Waals surface area (Å²) in [5.41, 5.74) is 1.68. The summed E-state index contributed by atoms with van der Waals surface area (Å²) in [6.45, 7) is 2.48. The van der Waals surface area contributed by atoms with E-state index in [1.165, 1.54) is 26.4 Å². The molecule has 7 nitrogen and oxygen atoms in total. The Morgan fingerprint density at radius 1 is 1.07 bits per heavy atom. The number of ether oxygens (including phenoxy) is 3. The number of benzene rings is 2. The molecule has 2 aromatic carbocycles. The van der Waals surface area contributed by atoms with Crippen molar-refractivity contribution in [2.24, 2.45) is 0 Å². The first-order chi connectivity index (χ1) is 13.9. The van der Waals surface area contributed by atoms with Gasteiger partial charge in [-0.25, -0.2) is 4.79 Å². The Balaban J connectivity index is 1.92. The van der Waals surface area contributed by atoms with Crippen molar-refractivity contribution in [3.63, 3.8) is 0 Å². The summed E-state index contributed by atoms with van der Waals surface area (Å²) in [7, 11) is 2.73. The lowest BCUT2D eigenvalue weighted by Crippen LogP contribution is -2.37. The van der Waals surface area contributed by atoms with Crippen LogP contribution in [0.15, 0.2) is 30.3 Å². The molecule has 154 valence electrons. The molecule has 2 aromatic rings. The highest BCUT2D eigenvalue weighted by molar-refractivity contribution is 6.36. The molecule has 0 aliphatic carbocycles. The van der Waals surface area contributed by atoms with E-state index < -0.39 is 11.9 Å². The quantitative estimate of drug-likeness (QED) is 0.713. The summed E-state index contributed by atoms with van der Waals surface area (Å²) >= 11 is 12.1. The van der Waals surface area contributed by atoms with E-state index in [1.807, 2.05) is 4.90 Å². The second-order valence-corrected chi connectivity index (χ2v) is 7.09. The van der Waals surface area contributed by atoms with Gasteiger partial charge in [-0.15, -0.1) is 0 Å². The average molecular weight is 439 g/mol. The van der Waals surface area contributed by atoms with Gasteiger partial charge in [0.25, 0.3) is 5.91 Å². The van der Waals surface area contributed by atoms with Gasteiger partial charge in [-0.3, -0.25) is 4.79 Å². The van der Waals surface area contributed by atoms with Gasteiger partial charge in [0.2, 0.25) is 0 Å². The number of esters is 1. The van der Waals surface area contributed by atoms with Crippen LogP contribution in [0.25, 0.3) is 0 Å². The third-order valence-electron chi connectivity index (χ3n) is 4.47. The Bertz CT molecular complexity index is 929. The lowest BCUT2D eigenvalue weighted by Gasteiger charge is -2.30. The minimum atomic E-state index is -0.494. The van der Waals surface area contributed by atoms with Crippen molar-refractivity contribution in [1.29, 1.82) is 0 Å². The molecule has 1 amide bonds. The Kier molecular flexibility index (Phi) is 6.84. The van der Waals surface area contributed by atoms with E-state index in [0.29, 0.717) is 42.6 Å². The number of nitrogens with zero attached hydrogens (tertiary/aromatic N) is 1.